The number of carbonyl (C=O) groups excluding carboxylic acids is 1. The number of thiazole rings is 1. The minimum Gasteiger partial charge on any atom is -0.465 e. The minimum absolute atomic E-state index is 0.123. The Kier molecular flexibility index (Phi) is 4.72. The van der Waals surface area contributed by atoms with Crippen LogP contribution < -0.4 is 0 Å². The summed E-state index contributed by atoms with van der Waals surface area (Å²) in [5.74, 6) is -0.275. The second kappa shape index (κ2) is 6.29. The number of methoxy groups -OCH3 is 1. The van der Waals surface area contributed by atoms with Crippen molar-refractivity contribution in [3.8, 4) is 0 Å². The van der Waals surface area contributed by atoms with Gasteiger partial charge in [0.25, 0.3) is 0 Å². The smallest absolute Gasteiger partial charge is 0.315 e. The molecule has 5 heteroatoms. The van der Waals surface area contributed by atoms with Crippen molar-refractivity contribution < 1.29 is 14.3 Å². The summed E-state index contributed by atoms with van der Waals surface area (Å²) in [6.07, 6.45) is 3.77. The molecule has 1 unspecified atom stereocenters. The van der Waals surface area contributed by atoms with Crippen LogP contribution in [0.1, 0.15) is 41.3 Å². The summed E-state index contributed by atoms with van der Waals surface area (Å²) in [5, 5.41) is 1.07. The van der Waals surface area contributed by atoms with E-state index < -0.39 is 0 Å². The van der Waals surface area contributed by atoms with E-state index in [9.17, 15) is 4.79 Å². The van der Waals surface area contributed by atoms with E-state index in [1.807, 2.05) is 6.92 Å². The highest BCUT2D eigenvalue weighted by atomic mass is 32.1. The molecule has 0 spiro atoms. The van der Waals surface area contributed by atoms with Crippen LogP contribution in [0, 0.1) is 0 Å². The summed E-state index contributed by atoms with van der Waals surface area (Å²) in [7, 11) is 1.69. The number of nitrogens with zero attached hydrogens (tertiary/aromatic N) is 1. The van der Waals surface area contributed by atoms with E-state index in [2.05, 4.69) is 4.98 Å². The van der Waals surface area contributed by atoms with Gasteiger partial charge < -0.3 is 9.47 Å². The van der Waals surface area contributed by atoms with E-state index >= 15 is 0 Å². The molecule has 0 saturated carbocycles. The lowest BCUT2D eigenvalue weighted by Gasteiger charge is -2.19. The zero-order chi connectivity index (χ0) is 13.0. The maximum atomic E-state index is 11.9. The molecule has 2 rings (SSSR count). The Bertz CT molecular complexity index is 416. The maximum Gasteiger partial charge on any atom is 0.315 e. The molecule has 1 aromatic rings. The van der Waals surface area contributed by atoms with Crippen LogP contribution >= 0.6 is 11.3 Å². The molecule has 0 N–H and O–H groups in total. The van der Waals surface area contributed by atoms with E-state index in [0.29, 0.717) is 13.2 Å². The molecule has 0 fully saturated rings. The van der Waals surface area contributed by atoms with Gasteiger partial charge in [-0.15, -0.1) is 11.3 Å². The summed E-state index contributed by atoms with van der Waals surface area (Å²) in [5.41, 5.74) is 0.954. The van der Waals surface area contributed by atoms with Gasteiger partial charge in [-0.2, -0.15) is 0 Å². The fourth-order valence-corrected chi connectivity index (χ4v) is 3.39. The van der Waals surface area contributed by atoms with Gasteiger partial charge in [0.15, 0.2) is 0 Å². The number of fused-ring (bicyclic) bond motifs is 1. The Labute approximate surface area is 111 Å². The van der Waals surface area contributed by atoms with Gasteiger partial charge in [-0.3, -0.25) is 4.79 Å². The largest absolute Gasteiger partial charge is 0.465 e. The molecule has 18 heavy (non-hydrogen) atoms. The number of rotatable bonds is 5. The quantitative estimate of drug-likeness (QED) is 0.770. The Balaban J connectivity index is 2.15. The molecule has 1 aromatic heterocycles. The molecule has 1 aliphatic rings. The normalized spacial score (nSPS) is 18.4. The van der Waals surface area contributed by atoms with E-state index in [1.54, 1.807) is 18.4 Å². The summed E-state index contributed by atoms with van der Waals surface area (Å²) in [4.78, 5) is 17.8. The molecular formula is C13H19NO3S. The number of hydrogen-bond donors (Lipinski definition) is 0. The van der Waals surface area contributed by atoms with E-state index in [4.69, 9.17) is 9.47 Å². The third-order valence-electron chi connectivity index (χ3n) is 3.09. The molecular weight excluding hydrogens is 250 g/mol. The third kappa shape index (κ3) is 2.90. The lowest BCUT2D eigenvalue weighted by atomic mass is 9.91. The zero-order valence-electron chi connectivity index (χ0n) is 10.9. The Morgan fingerprint density at radius 2 is 2.39 bits per heavy atom. The molecule has 1 aliphatic carbocycles. The van der Waals surface area contributed by atoms with Gasteiger partial charge in [0.05, 0.1) is 23.9 Å². The standard InChI is InChI=1S/C13H19NO3S/c1-3-17-13(15)9-5-4-6-10-12(9)14-11(18-10)7-8-16-2/h9H,3-8H2,1-2H3. The molecule has 1 heterocycles. The fraction of sp³-hybridized carbons (Fsp3) is 0.692. The van der Waals surface area contributed by atoms with Crippen LogP contribution in [0.4, 0.5) is 0 Å². The van der Waals surface area contributed by atoms with Crippen molar-refractivity contribution >= 4 is 17.3 Å². The first-order valence-electron chi connectivity index (χ1n) is 6.40. The van der Waals surface area contributed by atoms with Crippen molar-refractivity contribution in [3.05, 3.63) is 15.6 Å². The Morgan fingerprint density at radius 1 is 1.56 bits per heavy atom. The van der Waals surface area contributed by atoms with Crippen LogP contribution in [-0.4, -0.2) is 31.3 Å². The second-order valence-corrected chi connectivity index (χ2v) is 5.52. The highest BCUT2D eigenvalue weighted by Crippen LogP contribution is 2.35. The molecule has 0 aromatic carbocycles. The second-order valence-electron chi connectivity index (χ2n) is 4.36. The predicted octanol–water partition coefficient (Wildman–Crippen LogP) is 2.32. The van der Waals surface area contributed by atoms with Gasteiger partial charge in [0.2, 0.25) is 0 Å². The lowest BCUT2D eigenvalue weighted by Crippen LogP contribution is -2.20. The number of ether oxygens (including phenoxy) is 2. The van der Waals surface area contributed by atoms with Crippen LogP contribution in [0.15, 0.2) is 0 Å². The van der Waals surface area contributed by atoms with E-state index in [0.717, 1.165) is 36.4 Å². The Morgan fingerprint density at radius 3 is 3.11 bits per heavy atom. The van der Waals surface area contributed by atoms with Gasteiger partial charge in [-0.1, -0.05) is 0 Å². The number of esters is 1. The first-order valence-corrected chi connectivity index (χ1v) is 7.22. The summed E-state index contributed by atoms with van der Waals surface area (Å²) < 4.78 is 10.2. The molecule has 4 nitrogen and oxygen atoms in total. The number of hydrogen-bond acceptors (Lipinski definition) is 5. The van der Waals surface area contributed by atoms with Crippen molar-refractivity contribution in [1.29, 1.82) is 0 Å². The van der Waals surface area contributed by atoms with Crippen LogP contribution in [-0.2, 0) is 27.1 Å². The molecule has 1 atom stereocenters. The first-order chi connectivity index (χ1) is 8.76. The lowest BCUT2D eigenvalue weighted by molar-refractivity contribution is -0.145. The van der Waals surface area contributed by atoms with Crippen molar-refractivity contribution in [3.63, 3.8) is 0 Å². The van der Waals surface area contributed by atoms with Crippen LogP contribution in [0.25, 0.3) is 0 Å². The van der Waals surface area contributed by atoms with Crippen LogP contribution in [0.5, 0.6) is 0 Å². The Hall–Kier alpha value is -0.940. The summed E-state index contributed by atoms with van der Waals surface area (Å²) >= 11 is 1.72. The van der Waals surface area contributed by atoms with Crippen LogP contribution in [0.3, 0.4) is 0 Å². The fourth-order valence-electron chi connectivity index (χ4n) is 2.24. The maximum absolute atomic E-state index is 11.9. The highest BCUT2D eigenvalue weighted by Gasteiger charge is 2.31. The molecule has 0 bridgehead atoms. The topological polar surface area (TPSA) is 48.4 Å². The van der Waals surface area contributed by atoms with Crippen molar-refractivity contribution in [2.75, 3.05) is 20.3 Å². The molecule has 100 valence electrons. The number of carbonyl (C=O) groups is 1. The van der Waals surface area contributed by atoms with Crippen molar-refractivity contribution in [2.24, 2.45) is 0 Å². The highest BCUT2D eigenvalue weighted by molar-refractivity contribution is 7.11. The van der Waals surface area contributed by atoms with Gasteiger partial charge in [-0.25, -0.2) is 4.98 Å². The monoisotopic (exact) mass is 269 g/mol. The SMILES string of the molecule is CCOC(=O)C1CCCc2sc(CCOC)nc21. The molecule has 0 saturated heterocycles. The number of aryl methyl sites for hydroxylation is 1. The molecule has 0 amide bonds. The van der Waals surface area contributed by atoms with Gasteiger partial charge in [-0.05, 0) is 26.2 Å². The summed E-state index contributed by atoms with van der Waals surface area (Å²) in [6, 6.07) is 0. The average molecular weight is 269 g/mol. The average Bonchev–Trinajstić information content (AvgIpc) is 2.79. The van der Waals surface area contributed by atoms with E-state index in [1.165, 1.54) is 4.88 Å². The molecule has 0 radical (unpaired) electrons. The van der Waals surface area contributed by atoms with Crippen LogP contribution in [0.2, 0.25) is 0 Å². The van der Waals surface area contributed by atoms with Gasteiger partial charge in [0, 0.05) is 18.4 Å². The predicted molar refractivity (Wildman–Crippen MR) is 70.0 cm³/mol. The minimum atomic E-state index is -0.152. The molecule has 0 aliphatic heterocycles. The van der Waals surface area contributed by atoms with Gasteiger partial charge >= 0.3 is 5.97 Å². The van der Waals surface area contributed by atoms with Crippen molar-refractivity contribution in [1.82, 2.24) is 4.98 Å². The third-order valence-corrected chi connectivity index (χ3v) is 4.28. The van der Waals surface area contributed by atoms with E-state index in [-0.39, 0.29) is 11.9 Å². The first kappa shape index (κ1) is 13.5. The summed E-state index contributed by atoms with van der Waals surface area (Å²) in [6.45, 7) is 2.95. The zero-order valence-corrected chi connectivity index (χ0v) is 11.7. The van der Waals surface area contributed by atoms with Crippen molar-refractivity contribution in [2.45, 2.75) is 38.5 Å². The number of aromatic nitrogens is 1. The van der Waals surface area contributed by atoms with Gasteiger partial charge in [0.1, 0.15) is 5.92 Å².